The Morgan fingerprint density at radius 3 is 2.81 bits per heavy atom. The molecule has 0 fully saturated rings. The third-order valence-electron chi connectivity index (χ3n) is 3.26. The molecule has 1 N–H and O–H groups in total. The maximum absolute atomic E-state index is 5.97. The monoisotopic (exact) mass is 287 g/mol. The van der Waals surface area contributed by atoms with Crippen LogP contribution in [-0.4, -0.2) is 43.7 Å². The molecule has 0 unspecified atom stereocenters. The predicted octanol–water partition coefficient (Wildman–Crippen LogP) is 2.67. The highest BCUT2D eigenvalue weighted by atomic mass is 16.5. The number of pyridine rings is 1. The number of para-hydroxylation sites is 1. The highest BCUT2D eigenvalue weighted by Gasteiger charge is 2.07. The summed E-state index contributed by atoms with van der Waals surface area (Å²) < 4.78 is 5.97. The predicted molar refractivity (Wildman–Crippen MR) is 87.8 cm³/mol. The Kier molecular flexibility index (Phi) is 5.96. The number of nitrogens with zero attached hydrogens (tertiary/aromatic N) is 2. The third kappa shape index (κ3) is 4.69. The van der Waals surface area contributed by atoms with E-state index < -0.39 is 0 Å². The van der Waals surface area contributed by atoms with Crippen LogP contribution < -0.4 is 10.1 Å². The number of hydrogen-bond donors (Lipinski definition) is 1. The molecule has 1 aromatic heterocycles. The zero-order valence-electron chi connectivity index (χ0n) is 13.2. The van der Waals surface area contributed by atoms with Crippen molar-refractivity contribution >= 4 is 10.9 Å². The summed E-state index contributed by atoms with van der Waals surface area (Å²) in [6.45, 7) is 5.54. The summed E-state index contributed by atoms with van der Waals surface area (Å²) in [6.07, 6.45) is 1.12. The largest absolute Gasteiger partial charge is 0.491 e. The van der Waals surface area contributed by atoms with Gasteiger partial charge in [-0.25, -0.2) is 0 Å². The van der Waals surface area contributed by atoms with Gasteiger partial charge in [0.25, 0.3) is 0 Å². The van der Waals surface area contributed by atoms with Crippen molar-refractivity contribution in [1.29, 1.82) is 0 Å². The molecule has 1 aromatic carbocycles. The van der Waals surface area contributed by atoms with E-state index >= 15 is 0 Å². The number of hydrogen-bond acceptors (Lipinski definition) is 4. The molecule has 0 aliphatic heterocycles. The van der Waals surface area contributed by atoms with Gasteiger partial charge in [0, 0.05) is 24.5 Å². The van der Waals surface area contributed by atoms with E-state index in [0.29, 0.717) is 6.61 Å². The summed E-state index contributed by atoms with van der Waals surface area (Å²) in [5, 5.41) is 4.47. The average molecular weight is 287 g/mol. The Morgan fingerprint density at radius 2 is 2.05 bits per heavy atom. The first-order valence-electron chi connectivity index (χ1n) is 7.57. The van der Waals surface area contributed by atoms with Gasteiger partial charge in [-0.15, -0.1) is 0 Å². The SMILES string of the molecule is CCCNCc1cc(OCCN(C)C)c2ccccc2n1. The van der Waals surface area contributed by atoms with Gasteiger partial charge in [-0.05, 0) is 39.2 Å². The quantitative estimate of drug-likeness (QED) is 0.758. The molecule has 0 bridgehead atoms. The summed E-state index contributed by atoms with van der Waals surface area (Å²) in [4.78, 5) is 6.82. The Labute approximate surface area is 127 Å². The second-order valence-corrected chi connectivity index (χ2v) is 5.46. The van der Waals surface area contributed by atoms with Crippen LogP contribution in [0, 0.1) is 0 Å². The van der Waals surface area contributed by atoms with Crippen molar-refractivity contribution in [3.05, 3.63) is 36.0 Å². The molecule has 0 spiro atoms. The Bertz CT molecular complexity index is 569. The van der Waals surface area contributed by atoms with Crippen LogP contribution in [0.15, 0.2) is 30.3 Å². The smallest absolute Gasteiger partial charge is 0.130 e. The molecule has 0 saturated carbocycles. The van der Waals surface area contributed by atoms with E-state index in [-0.39, 0.29) is 0 Å². The molecule has 2 rings (SSSR count). The van der Waals surface area contributed by atoms with Crippen molar-refractivity contribution in [2.75, 3.05) is 33.8 Å². The molecule has 1 heterocycles. The summed E-state index contributed by atoms with van der Waals surface area (Å²) in [5.41, 5.74) is 2.02. The van der Waals surface area contributed by atoms with Gasteiger partial charge in [-0.3, -0.25) is 4.98 Å². The molecule has 4 nitrogen and oxygen atoms in total. The summed E-state index contributed by atoms with van der Waals surface area (Å²) in [5.74, 6) is 0.927. The summed E-state index contributed by atoms with van der Waals surface area (Å²) in [6, 6.07) is 10.2. The first-order chi connectivity index (χ1) is 10.2. The zero-order valence-corrected chi connectivity index (χ0v) is 13.2. The minimum atomic E-state index is 0.683. The Balaban J connectivity index is 2.18. The number of aromatic nitrogens is 1. The fourth-order valence-corrected chi connectivity index (χ4v) is 2.14. The molecule has 2 aromatic rings. The molecule has 114 valence electrons. The van der Waals surface area contributed by atoms with Crippen molar-refractivity contribution in [3.8, 4) is 5.75 Å². The van der Waals surface area contributed by atoms with Crippen LogP contribution in [0.25, 0.3) is 10.9 Å². The van der Waals surface area contributed by atoms with Crippen LogP contribution >= 0.6 is 0 Å². The third-order valence-corrected chi connectivity index (χ3v) is 3.26. The number of rotatable bonds is 8. The van der Waals surface area contributed by atoms with Crippen molar-refractivity contribution in [1.82, 2.24) is 15.2 Å². The van der Waals surface area contributed by atoms with Crippen molar-refractivity contribution in [2.45, 2.75) is 19.9 Å². The standard InChI is InChI=1S/C17H25N3O/c1-4-9-18-13-14-12-17(21-11-10-20(2)3)15-7-5-6-8-16(15)19-14/h5-8,12,18H,4,9-11,13H2,1-3H3. The van der Waals surface area contributed by atoms with E-state index in [4.69, 9.17) is 9.72 Å². The maximum atomic E-state index is 5.97. The van der Waals surface area contributed by atoms with Gasteiger partial charge >= 0.3 is 0 Å². The van der Waals surface area contributed by atoms with E-state index in [2.05, 4.69) is 29.3 Å². The molecule has 21 heavy (non-hydrogen) atoms. The van der Waals surface area contributed by atoms with Crippen molar-refractivity contribution in [3.63, 3.8) is 0 Å². The van der Waals surface area contributed by atoms with E-state index in [1.54, 1.807) is 0 Å². The van der Waals surface area contributed by atoms with Crippen LogP contribution in [0.5, 0.6) is 5.75 Å². The second kappa shape index (κ2) is 7.96. The lowest BCUT2D eigenvalue weighted by molar-refractivity contribution is 0.263. The van der Waals surface area contributed by atoms with Crippen LogP contribution in [-0.2, 0) is 6.54 Å². The second-order valence-electron chi connectivity index (χ2n) is 5.46. The van der Waals surface area contributed by atoms with E-state index in [1.165, 1.54) is 0 Å². The van der Waals surface area contributed by atoms with Crippen LogP contribution in [0.2, 0.25) is 0 Å². The minimum Gasteiger partial charge on any atom is -0.491 e. The van der Waals surface area contributed by atoms with Gasteiger partial charge in [0.1, 0.15) is 12.4 Å². The summed E-state index contributed by atoms with van der Waals surface area (Å²) in [7, 11) is 4.10. The first-order valence-corrected chi connectivity index (χ1v) is 7.57. The van der Waals surface area contributed by atoms with Crippen molar-refractivity contribution in [2.24, 2.45) is 0 Å². The Hall–Kier alpha value is -1.65. The number of likely N-dealkylation sites (N-methyl/N-ethyl adjacent to an activating group) is 1. The van der Waals surface area contributed by atoms with Crippen LogP contribution in [0.1, 0.15) is 19.0 Å². The van der Waals surface area contributed by atoms with Crippen LogP contribution in [0.3, 0.4) is 0 Å². The zero-order chi connectivity index (χ0) is 15.1. The van der Waals surface area contributed by atoms with Crippen molar-refractivity contribution < 1.29 is 4.74 Å². The summed E-state index contributed by atoms with van der Waals surface area (Å²) >= 11 is 0. The molecular weight excluding hydrogens is 262 g/mol. The van der Waals surface area contributed by atoms with Crippen LogP contribution in [0.4, 0.5) is 0 Å². The number of ether oxygens (including phenoxy) is 1. The normalized spacial score (nSPS) is 11.2. The minimum absolute atomic E-state index is 0.683. The van der Waals surface area contributed by atoms with E-state index in [0.717, 1.165) is 48.4 Å². The highest BCUT2D eigenvalue weighted by Crippen LogP contribution is 2.25. The first kappa shape index (κ1) is 15.7. The molecule has 0 amide bonds. The number of nitrogens with one attached hydrogen (secondary N) is 1. The lowest BCUT2D eigenvalue weighted by Crippen LogP contribution is -2.20. The van der Waals surface area contributed by atoms with Gasteiger partial charge in [-0.2, -0.15) is 0 Å². The fraction of sp³-hybridized carbons (Fsp3) is 0.471. The molecule has 4 heteroatoms. The molecule has 0 aliphatic carbocycles. The van der Waals surface area contributed by atoms with Gasteiger partial charge in [0.2, 0.25) is 0 Å². The highest BCUT2D eigenvalue weighted by molar-refractivity contribution is 5.85. The van der Waals surface area contributed by atoms with Gasteiger partial charge in [0.15, 0.2) is 0 Å². The van der Waals surface area contributed by atoms with Gasteiger partial charge < -0.3 is 15.0 Å². The molecule has 0 radical (unpaired) electrons. The van der Waals surface area contributed by atoms with E-state index in [1.807, 2.05) is 32.3 Å². The van der Waals surface area contributed by atoms with Gasteiger partial charge in [-0.1, -0.05) is 19.1 Å². The lowest BCUT2D eigenvalue weighted by Gasteiger charge is -2.14. The number of benzene rings is 1. The topological polar surface area (TPSA) is 37.4 Å². The molecule has 0 atom stereocenters. The fourth-order valence-electron chi connectivity index (χ4n) is 2.14. The van der Waals surface area contributed by atoms with Gasteiger partial charge in [0.05, 0.1) is 11.2 Å². The Morgan fingerprint density at radius 1 is 1.24 bits per heavy atom. The molecule has 0 saturated heterocycles. The van der Waals surface area contributed by atoms with E-state index in [9.17, 15) is 0 Å². The molecule has 0 aliphatic rings. The number of fused-ring (bicyclic) bond motifs is 1. The lowest BCUT2D eigenvalue weighted by atomic mass is 10.2. The maximum Gasteiger partial charge on any atom is 0.130 e. The molecular formula is C17H25N3O. The average Bonchev–Trinajstić information content (AvgIpc) is 2.47.